The van der Waals surface area contributed by atoms with Crippen LogP contribution in [-0.2, 0) is 12.7 Å². The van der Waals surface area contributed by atoms with Crippen LogP contribution in [0.4, 0.5) is 13.2 Å². The van der Waals surface area contributed by atoms with Crippen molar-refractivity contribution in [2.75, 3.05) is 13.6 Å². The summed E-state index contributed by atoms with van der Waals surface area (Å²) in [6.45, 7) is 4.69. The number of benzene rings is 2. The Balaban J connectivity index is 2.25. The number of alkyl halides is 3. The Morgan fingerprint density at radius 2 is 1.65 bits per heavy atom. The van der Waals surface area contributed by atoms with Crippen molar-refractivity contribution in [2.45, 2.75) is 45.5 Å². The van der Waals surface area contributed by atoms with E-state index >= 15 is 0 Å². The lowest BCUT2D eigenvalue weighted by Crippen LogP contribution is -2.34. The van der Waals surface area contributed by atoms with Gasteiger partial charge in [0.1, 0.15) is 11.4 Å². The van der Waals surface area contributed by atoms with Gasteiger partial charge < -0.3 is 14.6 Å². The van der Waals surface area contributed by atoms with Gasteiger partial charge in [0, 0.05) is 30.7 Å². The number of nitrogens with zero attached hydrogens (tertiary/aromatic N) is 2. The highest BCUT2D eigenvalue weighted by molar-refractivity contribution is 6.30. The number of hydrogen-bond acceptors (Lipinski definition) is 2. The largest absolute Gasteiger partial charge is 0.431 e. The summed E-state index contributed by atoms with van der Waals surface area (Å²) in [5.74, 6) is -0.552. The van der Waals surface area contributed by atoms with E-state index in [2.05, 4.69) is 0 Å². The molecule has 0 bridgehead atoms. The summed E-state index contributed by atoms with van der Waals surface area (Å²) < 4.78 is 44.1. The van der Waals surface area contributed by atoms with Crippen molar-refractivity contribution >= 4 is 17.5 Å². The molecule has 1 amide bonds. The van der Waals surface area contributed by atoms with Crippen molar-refractivity contribution in [3.8, 4) is 11.1 Å². The molecule has 182 valence electrons. The molecular formula is C26H28ClF3N2O2. The third-order valence-electron chi connectivity index (χ3n) is 5.70. The average molecular weight is 493 g/mol. The highest BCUT2D eigenvalue weighted by atomic mass is 35.5. The smallest absolute Gasteiger partial charge is 0.390 e. The van der Waals surface area contributed by atoms with Gasteiger partial charge >= 0.3 is 6.18 Å². The normalized spacial score (nSPS) is 12.1. The minimum atomic E-state index is -4.68. The monoisotopic (exact) mass is 492 g/mol. The van der Waals surface area contributed by atoms with Gasteiger partial charge in [0.15, 0.2) is 0 Å². The molecule has 34 heavy (non-hydrogen) atoms. The van der Waals surface area contributed by atoms with Crippen LogP contribution in [0.1, 0.15) is 47.6 Å². The van der Waals surface area contributed by atoms with Crippen molar-refractivity contribution in [1.82, 2.24) is 9.47 Å². The van der Waals surface area contributed by atoms with Gasteiger partial charge in [-0.3, -0.25) is 4.79 Å². The summed E-state index contributed by atoms with van der Waals surface area (Å²) in [7, 11) is 1.53. The average Bonchev–Trinajstić information content (AvgIpc) is 3.04. The fraction of sp³-hybridized carbons (Fsp3) is 0.346. The van der Waals surface area contributed by atoms with E-state index in [0.29, 0.717) is 16.1 Å². The minimum Gasteiger partial charge on any atom is -0.390 e. The maximum Gasteiger partial charge on any atom is 0.431 e. The molecule has 8 heteroatoms. The highest BCUT2D eigenvalue weighted by Gasteiger charge is 2.41. The number of hydrogen-bond donors (Lipinski definition) is 1. The Labute approximate surface area is 202 Å². The molecule has 0 saturated carbocycles. The van der Waals surface area contributed by atoms with Crippen LogP contribution in [0.3, 0.4) is 0 Å². The molecule has 3 rings (SSSR count). The molecule has 0 aliphatic carbocycles. The van der Waals surface area contributed by atoms with Crippen LogP contribution in [0.25, 0.3) is 11.1 Å². The molecule has 0 fully saturated rings. The van der Waals surface area contributed by atoms with Crippen LogP contribution in [0.2, 0.25) is 5.02 Å². The zero-order valence-electron chi connectivity index (χ0n) is 19.6. The van der Waals surface area contributed by atoms with Gasteiger partial charge in [0.05, 0.1) is 5.60 Å². The Morgan fingerprint density at radius 3 is 2.18 bits per heavy atom. The van der Waals surface area contributed by atoms with Crippen LogP contribution in [0.15, 0.2) is 54.6 Å². The molecule has 0 aliphatic rings. The summed E-state index contributed by atoms with van der Waals surface area (Å²) in [6.07, 6.45) is -4.40. The fourth-order valence-corrected chi connectivity index (χ4v) is 4.08. The number of carbonyl (C=O) groups excluding carboxylic acids is 1. The van der Waals surface area contributed by atoms with E-state index in [0.717, 1.165) is 4.57 Å². The van der Waals surface area contributed by atoms with E-state index in [1.165, 1.54) is 18.9 Å². The molecule has 1 N–H and O–H groups in total. The number of halogens is 4. The molecule has 0 spiro atoms. The van der Waals surface area contributed by atoms with E-state index in [4.69, 9.17) is 11.6 Å². The molecule has 1 heterocycles. The third kappa shape index (κ3) is 5.83. The first-order valence-electron chi connectivity index (χ1n) is 10.9. The molecular weight excluding hydrogens is 465 g/mol. The zero-order chi connectivity index (χ0) is 25.3. The van der Waals surface area contributed by atoms with Crippen LogP contribution < -0.4 is 0 Å². The fourth-order valence-electron chi connectivity index (χ4n) is 3.95. The Kier molecular flexibility index (Phi) is 7.48. The molecule has 1 aromatic heterocycles. The molecule has 0 saturated heterocycles. The lowest BCUT2D eigenvalue weighted by Gasteiger charge is -2.24. The van der Waals surface area contributed by atoms with Crippen molar-refractivity contribution in [1.29, 1.82) is 0 Å². The van der Waals surface area contributed by atoms with Crippen LogP contribution in [-0.4, -0.2) is 39.7 Å². The Bertz CT molecular complexity index is 1150. The van der Waals surface area contributed by atoms with Crippen LogP contribution in [0.5, 0.6) is 0 Å². The predicted molar refractivity (Wildman–Crippen MR) is 128 cm³/mol. The highest BCUT2D eigenvalue weighted by Crippen LogP contribution is 2.42. The minimum absolute atomic E-state index is 0.0232. The van der Waals surface area contributed by atoms with Crippen molar-refractivity contribution in [2.24, 2.45) is 0 Å². The number of amides is 1. The number of aromatic nitrogens is 1. The van der Waals surface area contributed by atoms with Crippen molar-refractivity contribution < 1.29 is 23.1 Å². The van der Waals surface area contributed by atoms with Crippen LogP contribution >= 0.6 is 11.6 Å². The topological polar surface area (TPSA) is 45.5 Å². The van der Waals surface area contributed by atoms with Gasteiger partial charge in [-0.15, -0.1) is 0 Å². The zero-order valence-corrected chi connectivity index (χ0v) is 20.3. The van der Waals surface area contributed by atoms with E-state index in [9.17, 15) is 23.1 Å². The molecule has 0 aliphatic heterocycles. The summed E-state index contributed by atoms with van der Waals surface area (Å²) in [4.78, 5) is 15.0. The molecule has 3 aromatic rings. The lowest BCUT2D eigenvalue weighted by molar-refractivity contribution is -0.143. The molecule has 0 atom stereocenters. The standard InChI is InChI=1S/C26H28ClF3N2O2/c1-17-21(19-10-12-20(27)13-11-19)22(24(33)31(4)15-14-25(2,3)34)32(23(17)26(28,29)30)16-18-8-6-5-7-9-18/h5-13,34H,14-16H2,1-4H3. The first-order chi connectivity index (χ1) is 15.8. The van der Waals surface area contributed by atoms with Gasteiger partial charge in [0.25, 0.3) is 5.91 Å². The second-order valence-corrected chi connectivity index (χ2v) is 9.50. The van der Waals surface area contributed by atoms with Gasteiger partial charge in [-0.1, -0.05) is 54.1 Å². The first-order valence-corrected chi connectivity index (χ1v) is 11.3. The van der Waals surface area contributed by atoms with Gasteiger partial charge in [-0.25, -0.2) is 0 Å². The van der Waals surface area contributed by atoms with E-state index < -0.39 is 23.4 Å². The van der Waals surface area contributed by atoms with E-state index in [1.54, 1.807) is 68.4 Å². The Hall–Kier alpha value is -2.77. The van der Waals surface area contributed by atoms with E-state index in [-0.39, 0.29) is 36.3 Å². The molecule has 0 radical (unpaired) electrons. The molecule has 2 aromatic carbocycles. The van der Waals surface area contributed by atoms with Gasteiger partial charge in [0.2, 0.25) is 0 Å². The summed E-state index contributed by atoms with van der Waals surface area (Å²) in [5.41, 5.74) is -0.621. The number of rotatable bonds is 7. The van der Waals surface area contributed by atoms with E-state index in [1.807, 2.05) is 0 Å². The number of aliphatic hydroxyl groups is 1. The van der Waals surface area contributed by atoms with Gasteiger partial charge in [-0.2, -0.15) is 13.2 Å². The number of carbonyl (C=O) groups is 1. The third-order valence-corrected chi connectivity index (χ3v) is 5.95. The summed E-state index contributed by atoms with van der Waals surface area (Å²) in [5, 5.41) is 10.5. The maximum atomic E-state index is 14.4. The molecule has 0 unspecified atom stereocenters. The summed E-state index contributed by atoms with van der Waals surface area (Å²) >= 11 is 6.01. The SMILES string of the molecule is Cc1c(-c2ccc(Cl)cc2)c(C(=O)N(C)CCC(C)(C)O)n(Cc2ccccc2)c1C(F)(F)F. The Morgan fingerprint density at radius 1 is 1.06 bits per heavy atom. The van der Waals surface area contributed by atoms with Crippen LogP contribution in [0, 0.1) is 6.92 Å². The lowest BCUT2D eigenvalue weighted by atomic mass is 10.00. The predicted octanol–water partition coefficient (Wildman–Crippen LogP) is 6.42. The van der Waals surface area contributed by atoms with Gasteiger partial charge in [-0.05, 0) is 56.0 Å². The maximum absolute atomic E-state index is 14.4. The quantitative estimate of drug-likeness (QED) is 0.414. The second kappa shape index (κ2) is 9.84. The van der Waals surface area contributed by atoms with Crippen molar-refractivity contribution in [3.05, 3.63) is 82.1 Å². The summed E-state index contributed by atoms with van der Waals surface area (Å²) in [6, 6.07) is 15.1. The second-order valence-electron chi connectivity index (χ2n) is 9.06. The first kappa shape index (κ1) is 25.8. The van der Waals surface area contributed by atoms with Crippen molar-refractivity contribution in [3.63, 3.8) is 0 Å². The molecule has 4 nitrogen and oxygen atoms in total.